The van der Waals surface area contributed by atoms with Crippen LogP contribution >= 0.6 is 11.6 Å². The van der Waals surface area contributed by atoms with Crippen LogP contribution in [0.3, 0.4) is 0 Å². The summed E-state index contributed by atoms with van der Waals surface area (Å²) in [5.74, 6) is -0.461. The molecule has 0 unspecified atom stereocenters. The van der Waals surface area contributed by atoms with E-state index in [9.17, 15) is 9.59 Å². The number of amides is 2. The van der Waals surface area contributed by atoms with Crippen LogP contribution in [0.15, 0.2) is 22.7 Å². The summed E-state index contributed by atoms with van der Waals surface area (Å²) < 4.78 is 4.82. The summed E-state index contributed by atoms with van der Waals surface area (Å²) in [7, 11) is 1.56. The first-order chi connectivity index (χ1) is 10.4. The quantitative estimate of drug-likeness (QED) is 0.906. The van der Waals surface area contributed by atoms with Gasteiger partial charge in [0.1, 0.15) is 0 Å². The van der Waals surface area contributed by atoms with Gasteiger partial charge in [0, 0.05) is 23.9 Å². The number of carbonyl (C=O) groups is 2. The summed E-state index contributed by atoms with van der Waals surface area (Å²) in [6.07, 6.45) is 0.0534. The van der Waals surface area contributed by atoms with E-state index in [1.807, 2.05) is 0 Å². The van der Waals surface area contributed by atoms with Crippen molar-refractivity contribution in [2.75, 3.05) is 12.4 Å². The van der Waals surface area contributed by atoms with Crippen LogP contribution in [0.1, 0.15) is 27.2 Å². The lowest BCUT2D eigenvalue weighted by Gasteiger charge is -2.11. The van der Waals surface area contributed by atoms with Crippen LogP contribution in [0.25, 0.3) is 0 Å². The Morgan fingerprint density at radius 3 is 2.64 bits per heavy atom. The molecule has 116 valence electrons. The lowest BCUT2D eigenvalue weighted by atomic mass is 10.1. The number of hydrogen-bond donors (Lipinski definition) is 2. The molecule has 0 atom stereocenters. The highest BCUT2D eigenvalue weighted by molar-refractivity contribution is 6.29. The Labute approximate surface area is 132 Å². The van der Waals surface area contributed by atoms with Gasteiger partial charge in [-0.25, -0.2) is 0 Å². The molecular weight excluding hydrogens is 306 g/mol. The van der Waals surface area contributed by atoms with Crippen LogP contribution in [-0.2, 0) is 11.2 Å². The predicted molar refractivity (Wildman–Crippen MR) is 83.2 cm³/mol. The summed E-state index contributed by atoms with van der Waals surface area (Å²) in [5.41, 5.74) is 2.93. The van der Waals surface area contributed by atoms with Crippen molar-refractivity contribution in [1.82, 2.24) is 10.5 Å². The van der Waals surface area contributed by atoms with Gasteiger partial charge in [-0.15, -0.1) is 0 Å². The average Bonchev–Trinajstić information content (AvgIpc) is 2.80. The Hall–Kier alpha value is -2.34. The van der Waals surface area contributed by atoms with Crippen molar-refractivity contribution in [2.45, 2.75) is 20.3 Å². The third-order valence-corrected chi connectivity index (χ3v) is 3.65. The molecule has 6 nitrogen and oxygen atoms in total. The van der Waals surface area contributed by atoms with Crippen molar-refractivity contribution in [1.29, 1.82) is 0 Å². The average molecular weight is 322 g/mol. The second-order valence-corrected chi connectivity index (χ2v) is 5.15. The summed E-state index contributed by atoms with van der Waals surface area (Å²) in [4.78, 5) is 23.9. The molecule has 1 aromatic heterocycles. The molecule has 0 bridgehead atoms. The first-order valence-corrected chi connectivity index (χ1v) is 7.04. The molecule has 2 N–H and O–H groups in total. The standard InChI is InChI=1S/C15H16ClN3O3/c1-8-10(15(21)17-3)5-4-6-12(8)18-13(20)7-11-9(2)19-22-14(11)16/h4-6H,7H2,1-3H3,(H,17,21)(H,18,20). The van der Waals surface area contributed by atoms with Crippen LogP contribution < -0.4 is 10.6 Å². The molecule has 2 rings (SSSR count). The molecule has 0 aliphatic rings. The summed E-state index contributed by atoms with van der Waals surface area (Å²) >= 11 is 5.85. The molecule has 2 amide bonds. The highest BCUT2D eigenvalue weighted by atomic mass is 35.5. The van der Waals surface area contributed by atoms with E-state index < -0.39 is 0 Å². The largest absolute Gasteiger partial charge is 0.355 e. The van der Waals surface area contributed by atoms with Crippen LogP contribution in [0, 0.1) is 13.8 Å². The lowest BCUT2D eigenvalue weighted by molar-refractivity contribution is -0.115. The van der Waals surface area contributed by atoms with Gasteiger partial charge in [-0.1, -0.05) is 11.2 Å². The fourth-order valence-corrected chi connectivity index (χ4v) is 2.30. The molecular formula is C15H16ClN3O3. The minimum Gasteiger partial charge on any atom is -0.355 e. The Kier molecular flexibility index (Phi) is 4.82. The fraction of sp³-hybridized carbons (Fsp3) is 0.267. The maximum Gasteiger partial charge on any atom is 0.251 e. The summed E-state index contributed by atoms with van der Waals surface area (Å²) in [6, 6.07) is 5.15. The molecule has 0 saturated carbocycles. The van der Waals surface area contributed by atoms with E-state index in [0.717, 1.165) is 0 Å². The third-order valence-electron chi connectivity index (χ3n) is 3.35. The van der Waals surface area contributed by atoms with E-state index in [1.54, 1.807) is 39.1 Å². The zero-order valence-corrected chi connectivity index (χ0v) is 13.2. The van der Waals surface area contributed by atoms with Gasteiger partial charge in [-0.3, -0.25) is 9.59 Å². The van der Waals surface area contributed by atoms with E-state index in [-0.39, 0.29) is 23.5 Å². The van der Waals surface area contributed by atoms with Crippen molar-refractivity contribution in [3.05, 3.63) is 45.8 Å². The number of nitrogens with zero attached hydrogens (tertiary/aromatic N) is 1. The van der Waals surface area contributed by atoms with Crippen molar-refractivity contribution < 1.29 is 14.1 Å². The monoisotopic (exact) mass is 321 g/mol. The second-order valence-electron chi connectivity index (χ2n) is 4.80. The normalized spacial score (nSPS) is 10.4. The van der Waals surface area contributed by atoms with Gasteiger partial charge >= 0.3 is 0 Å². The number of rotatable bonds is 4. The molecule has 0 aliphatic carbocycles. The van der Waals surface area contributed by atoms with Crippen molar-refractivity contribution >= 4 is 29.1 Å². The Balaban J connectivity index is 2.17. The number of anilines is 1. The summed E-state index contributed by atoms with van der Waals surface area (Å²) in [5, 5.41) is 9.16. The first-order valence-electron chi connectivity index (χ1n) is 6.66. The van der Waals surface area contributed by atoms with Gasteiger partial charge in [0.25, 0.3) is 5.91 Å². The minimum absolute atomic E-state index is 0.0534. The Bertz CT molecular complexity index is 705. The SMILES string of the molecule is CNC(=O)c1cccc(NC(=O)Cc2c(C)noc2Cl)c1C. The van der Waals surface area contributed by atoms with Gasteiger partial charge < -0.3 is 15.2 Å². The summed E-state index contributed by atoms with van der Waals surface area (Å²) in [6.45, 7) is 3.49. The number of benzene rings is 1. The zero-order valence-electron chi connectivity index (χ0n) is 12.5. The number of hydrogen-bond acceptors (Lipinski definition) is 4. The van der Waals surface area contributed by atoms with E-state index in [4.69, 9.17) is 16.1 Å². The number of carbonyl (C=O) groups excluding carboxylic acids is 2. The van der Waals surface area contributed by atoms with Gasteiger partial charge in [0.2, 0.25) is 11.1 Å². The fourth-order valence-electron chi connectivity index (χ4n) is 2.07. The highest BCUT2D eigenvalue weighted by Gasteiger charge is 2.16. The molecule has 0 aliphatic heterocycles. The second kappa shape index (κ2) is 6.62. The van der Waals surface area contributed by atoms with E-state index in [1.165, 1.54) is 0 Å². The third kappa shape index (κ3) is 3.28. The number of aromatic nitrogens is 1. The molecule has 1 aromatic carbocycles. The van der Waals surface area contributed by atoms with Gasteiger partial charge in [-0.2, -0.15) is 0 Å². The Morgan fingerprint density at radius 2 is 2.05 bits per heavy atom. The Morgan fingerprint density at radius 1 is 1.32 bits per heavy atom. The number of halogens is 1. The smallest absolute Gasteiger partial charge is 0.251 e. The molecule has 7 heteroatoms. The van der Waals surface area contributed by atoms with Gasteiger partial charge in [-0.05, 0) is 43.1 Å². The van der Waals surface area contributed by atoms with Gasteiger partial charge in [0.05, 0.1) is 12.1 Å². The molecule has 0 saturated heterocycles. The highest BCUT2D eigenvalue weighted by Crippen LogP contribution is 2.22. The molecule has 1 heterocycles. The molecule has 0 spiro atoms. The van der Waals surface area contributed by atoms with Crippen LogP contribution in [-0.4, -0.2) is 24.0 Å². The number of aryl methyl sites for hydroxylation is 1. The first kappa shape index (κ1) is 16.0. The van der Waals surface area contributed by atoms with Crippen LogP contribution in [0.4, 0.5) is 5.69 Å². The molecule has 0 fully saturated rings. The predicted octanol–water partition coefficient (Wildman–Crippen LogP) is 2.49. The maximum absolute atomic E-state index is 12.1. The molecule has 0 radical (unpaired) electrons. The molecule has 22 heavy (non-hydrogen) atoms. The molecule has 2 aromatic rings. The lowest BCUT2D eigenvalue weighted by Crippen LogP contribution is -2.21. The maximum atomic E-state index is 12.1. The van der Waals surface area contributed by atoms with Crippen LogP contribution in [0.5, 0.6) is 0 Å². The minimum atomic E-state index is -0.259. The van der Waals surface area contributed by atoms with Crippen molar-refractivity contribution in [2.24, 2.45) is 0 Å². The van der Waals surface area contributed by atoms with E-state index in [0.29, 0.717) is 28.1 Å². The number of nitrogens with one attached hydrogen (secondary N) is 2. The topological polar surface area (TPSA) is 84.2 Å². The van der Waals surface area contributed by atoms with Crippen LogP contribution in [0.2, 0.25) is 5.22 Å². The zero-order chi connectivity index (χ0) is 16.3. The van der Waals surface area contributed by atoms with Gasteiger partial charge in [0.15, 0.2) is 0 Å². The van der Waals surface area contributed by atoms with E-state index >= 15 is 0 Å². The van der Waals surface area contributed by atoms with Crippen molar-refractivity contribution in [3.8, 4) is 0 Å². The van der Waals surface area contributed by atoms with Crippen molar-refractivity contribution in [3.63, 3.8) is 0 Å². The van der Waals surface area contributed by atoms with E-state index in [2.05, 4.69) is 15.8 Å².